The summed E-state index contributed by atoms with van der Waals surface area (Å²) in [6, 6.07) is 19.2. The van der Waals surface area contributed by atoms with Crippen LogP contribution in [0.3, 0.4) is 0 Å². The van der Waals surface area contributed by atoms with Crippen molar-refractivity contribution in [2.45, 2.75) is 25.4 Å². The summed E-state index contributed by atoms with van der Waals surface area (Å²) in [6.45, 7) is 0.395. The number of furan rings is 1. The van der Waals surface area contributed by atoms with Crippen LogP contribution < -0.4 is 10.2 Å². The Morgan fingerprint density at radius 3 is 2.54 bits per heavy atom. The molecule has 7 nitrogen and oxygen atoms in total. The molecular weight excluding hydrogens is 440 g/mol. The van der Waals surface area contributed by atoms with Gasteiger partial charge in [0.15, 0.2) is 5.76 Å². The molecule has 4 aromatic rings. The van der Waals surface area contributed by atoms with Gasteiger partial charge in [-0.25, -0.2) is 0 Å². The Morgan fingerprint density at radius 1 is 1.06 bits per heavy atom. The third-order valence-electron chi connectivity index (χ3n) is 6.43. The lowest BCUT2D eigenvalue weighted by Crippen LogP contribution is -2.22. The summed E-state index contributed by atoms with van der Waals surface area (Å²) in [5.41, 5.74) is 6.75. The molecule has 7 heteroatoms. The molecule has 35 heavy (non-hydrogen) atoms. The zero-order chi connectivity index (χ0) is 24.4. The molecule has 2 heterocycles. The molecule has 0 aliphatic heterocycles. The summed E-state index contributed by atoms with van der Waals surface area (Å²) in [4.78, 5) is 30.3. The van der Waals surface area contributed by atoms with Crippen LogP contribution in [0.5, 0.6) is 0 Å². The van der Waals surface area contributed by atoms with Crippen LogP contribution in [0.1, 0.15) is 39.7 Å². The molecule has 2 aromatic carbocycles. The topological polar surface area (TPSA) is 87.8 Å². The monoisotopic (exact) mass is 466 g/mol. The molecule has 1 unspecified atom stereocenters. The Labute approximate surface area is 203 Å². The normalized spacial score (nSPS) is 14.4. The van der Waals surface area contributed by atoms with Gasteiger partial charge < -0.3 is 14.6 Å². The van der Waals surface area contributed by atoms with Gasteiger partial charge >= 0.3 is 0 Å². The molecule has 0 radical (unpaired) electrons. The highest BCUT2D eigenvalue weighted by molar-refractivity contribution is 5.95. The minimum atomic E-state index is -0.288. The van der Waals surface area contributed by atoms with E-state index in [1.807, 2.05) is 73.6 Å². The molecule has 0 saturated heterocycles. The Hall–Kier alpha value is -4.26. The first-order valence-electron chi connectivity index (χ1n) is 11.6. The van der Waals surface area contributed by atoms with Gasteiger partial charge in [0.2, 0.25) is 0 Å². The lowest BCUT2D eigenvalue weighted by molar-refractivity contribution is 0.0924. The minimum absolute atomic E-state index is 0.240. The van der Waals surface area contributed by atoms with Crippen LogP contribution >= 0.6 is 0 Å². The van der Waals surface area contributed by atoms with Gasteiger partial charge in [-0.05, 0) is 71.5 Å². The molecule has 5 rings (SSSR count). The number of benzene rings is 2. The molecule has 0 spiro atoms. The van der Waals surface area contributed by atoms with Gasteiger partial charge in [0.05, 0.1) is 0 Å². The van der Waals surface area contributed by atoms with E-state index in [-0.39, 0.29) is 17.7 Å². The minimum Gasteiger partial charge on any atom is -0.450 e. The lowest BCUT2D eigenvalue weighted by Gasteiger charge is -2.12. The largest absolute Gasteiger partial charge is 0.450 e. The number of pyridine rings is 1. The molecule has 0 saturated carbocycles. The van der Waals surface area contributed by atoms with Gasteiger partial charge in [-0.3, -0.25) is 9.78 Å². The second-order valence-electron chi connectivity index (χ2n) is 8.91. The summed E-state index contributed by atoms with van der Waals surface area (Å²) in [6.07, 6.45) is 4.95. The highest BCUT2D eigenvalue weighted by Gasteiger charge is 2.25. The average molecular weight is 467 g/mol. The van der Waals surface area contributed by atoms with Crippen LogP contribution in [0, 0.1) is 4.91 Å². The van der Waals surface area contributed by atoms with Gasteiger partial charge in [0.1, 0.15) is 11.8 Å². The van der Waals surface area contributed by atoms with E-state index in [2.05, 4.69) is 15.5 Å². The van der Waals surface area contributed by atoms with E-state index in [1.54, 1.807) is 18.5 Å². The van der Waals surface area contributed by atoms with E-state index >= 15 is 0 Å². The number of fused-ring (bicyclic) bond motifs is 1. The number of aromatic nitrogens is 1. The van der Waals surface area contributed by atoms with Crippen LogP contribution in [-0.2, 0) is 13.0 Å². The maximum Gasteiger partial charge on any atom is 0.287 e. The third kappa shape index (κ3) is 4.57. The smallest absolute Gasteiger partial charge is 0.287 e. The van der Waals surface area contributed by atoms with Crippen molar-refractivity contribution < 1.29 is 9.21 Å². The van der Waals surface area contributed by atoms with Crippen molar-refractivity contribution in [1.29, 1.82) is 0 Å². The van der Waals surface area contributed by atoms with Gasteiger partial charge in [-0.1, -0.05) is 29.4 Å². The molecular formula is C28H26N4O3. The van der Waals surface area contributed by atoms with E-state index in [0.717, 1.165) is 51.9 Å². The molecule has 2 aromatic heterocycles. The number of carbonyl (C=O) groups is 1. The Kier molecular flexibility index (Phi) is 6.14. The first kappa shape index (κ1) is 22.5. The second kappa shape index (κ2) is 9.54. The fraction of sp³-hybridized carbons (Fsp3) is 0.214. The maximum absolute atomic E-state index is 13.0. The number of nitrogens with one attached hydrogen (secondary N) is 1. The van der Waals surface area contributed by atoms with Crippen LogP contribution in [0.2, 0.25) is 0 Å². The molecule has 1 aliphatic carbocycles. The molecule has 1 N–H and O–H groups in total. The number of rotatable bonds is 7. The zero-order valence-corrected chi connectivity index (χ0v) is 19.7. The number of hydrogen-bond acceptors (Lipinski definition) is 6. The Bertz CT molecular complexity index is 1360. The number of anilines is 1. The van der Waals surface area contributed by atoms with E-state index in [9.17, 15) is 9.70 Å². The summed E-state index contributed by atoms with van der Waals surface area (Å²) >= 11 is 0. The quantitative estimate of drug-likeness (QED) is 0.350. The fourth-order valence-corrected chi connectivity index (χ4v) is 4.49. The molecule has 1 atom stereocenters. The van der Waals surface area contributed by atoms with Crippen LogP contribution in [-0.4, -0.2) is 25.0 Å². The Balaban J connectivity index is 1.43. The molecule has 176 valence electrons. The molecule has 1 aliphatic rings. The third-order valence-corrected chi connectivity index (χ3v) is 6.43. The number of nitroso groups, excluding NO2 is 1. The van der Waals surface area contributed by atoms with Gasteiger partial charge in [-0.15, -0.1) is 0 Å². The summed E-state index contributed by atoms with van der Waals surface area (Å²) in [5, 5.41) is 6.20. The lowest BCUT2D eigenvalue weighted by atomic mass is 9.99. The predicted molar refractivity (Wildman–Crippen MR) is 136 cm³/mol. The van der Waals surface area contributed by atoms with Crippen molar-refractivity contribution in [2.75, 3.05) is 19.0 Å². The van der Waals surface area contributed by atoms with Crippen molar-refractivity contribution in [2.24, 2.45) is 5.18 Å². The first-order valence-corrected chi connectivity index (χ1v) is 11.6. The van der Waals surface area contributed by atoms with Crippen molar-refractivity contribution in [3.8, 4) is 22.5 Å². The van der Waals surface area contributed by atoms with Crippen molar-refractivity contribution >= 4 is 11.6 Å². The SMILES string of the molecule is CN(C)c1ccc(CNC(=O)c2cc(-c3ccncc3)c(-c3ccc4c(c3)CCC4N=O)o2)cc1. The highest BCUT2D eigenvalue weighted by Crippen LogP contribution is 2.40. The maximum atomic E-state index is 13.0. The second-order valence-corrected chi connectivity index (χ2v) is 8.91. The molecule has 0 fully saturated rings. The summed E-state index contributed by atoms with van der Waals surface area (Å²) < 4.78 is 6.14. The van der Waals surface area contributed by atoms with Crippen molar-refractivity contribution in [3.05, 3.63) is 100 Å². The first-order chi connectivity index (χ1) is 17.0. The van der Waals surface area contributed by atoms with E-state index in [4.69, 9.17) is 4.42 Å². The number of nitrogens with zero attached hydrogens (tertiary/aromatic N) is 3. The Morgan fingerprint density at radius 2 is 1.83 bits per heavy atom. The number of carbonyl (C=O) groups excluding carboxylic acids is 1. The van der Waals surface area contributed by atoms with Gasteiger partial charge in [-0.2, -0.15) is 4.91 Å². The number of aryl methyl sites for hydroxylation is 1. The molecule has 0 bridgehead atoms. The van der Waals surface area contributed by atoms with Crippen LogP contribution in [0.25, 0.3) is 22.5 Å². The predicted octanol–water partition coefficient (Wildman–Crippen LogP) is 5.76. The van der Waals surface area contributed by atoms with Gasteiger partial charge in [0, 0.05) is 49.8 Å². The standard InChI is InChI=1S/C28H26N4O3/c1-32(2)22-7-3-18(4-8-22)17-30-28(33)26-16-24(19-11-13-29-14-12-19)27(35-26)21-5-9-23-20(15-21)6-10-25(23)31-34/h3-5,7-9,11-16,25H,6,10,17H2,1-2H3,(H,30,33). The molecule has 1 amide bonds. The van der Waals surface area contributed by atoms with E-state index < -0.39 is 0 Å². The summed E-state index contributed by atoms with van der Waals surface area (Å²) in [5.74, 6) is 0.571. The summed E-state index contributed by atoms with van der Waals surface area (Å²) in [7, 11) is 3.98. The number of hydrogen-bond donors (Lipinski definition) is 1. The van der Waals surface area contributed by atoms with Crippen molar-refractivity contribution in [1.82, 2.24) is 10.3 Å². The highest BCUT2D eigenvalue weighted by atomic mass is 16.4. The van der Waals surface area contributed by atoms with E-state index in [0.29, 0.717) is 12.3 Å². The van der Waals surface area contributed by atoms with Crippen molar-refractivity contribution in [3.63, 3.8) is 0 Å². The van der Waals surface area contributed by atoms with E-state index in [1.165, 1.54) is 0 Å². The zero-order valence-electron chi connectivity index (χ0n) is 19.7. The van der Waals surface area contributed by atoms with Crippen LogP contribution in [0.4, 0.5) is 5.69 Å². The van der Waals surface area contributed by atoms with Gasteiger partial charge in [0.25, 0.3) is 5.91 Å². The number of amides is 1. The fourth-order valence-electron chi connectivity index (χ4n) is 4.49. The average Bonchev–Trinajstić information content (AvgIpc) is 3.52. The van der Waals surface area contributed by atoms with Crippen LogP contribution in [0.15, 0.2) is 82.7 Å².